The van der Waals surface area contributed by atoms with E-state index >= 15 is 0 Å². The van der Waals surface area contributed by atoms with Gasteiger partial charge >= 0.3 is 0 Å². The second kappa shape index (κ2) is 6.34. The van der Waals surface area contributed by atoms with Crippen molar-refractivity contribution in [1.82, 2.24) is 4.72 Å². The van der Waals surface area contributed by atoms with Crippen LogP contribution >= 0.6 is 0 Å². The van der Waals surface area contributed by atoms with Crippen molar-refractivity contribution in [2.45, 2.75) is 39.2 Å². The van der Waals surface area contributed by atoms with E-state index < -0.39 is 16.1 Å². The summed E-state index contributed by atoms with van der Waals surface area (Å²) in [6, 6.07) is 0. The van der Waals surface area contributed by atoms with Crippen molar-refractivity contribution in [2.24, 2.45) is 0 Å². The van der Waals surface area contributed by atoms with E-state index in [1.165, 1.54) is 0 Å². The normalized spacial score (nSPS) is 14.4. The molecule has 4 nitrogen and oxygen atoms in total. The Hall–Kier alpha value is -0.130. The summed E-state index contributed by atoms with van der Waals surface area (Å²) in [5.74, 6) is 0.131. The van der Waals surface area contributed by atoms with Crippen LogP contribution < -0.4 is 4.72 Å². The van der Waals surface area contributed by atoms with Crippen molar-refractivity contribution >= 4 is 10.0 Å². The Bertz CT molecular complexity index is 213. The highest BCUT2D eigenvalue weighted by molar-refractivity contribution is 7.89. The topological polar surface area (TPSA) is 66.4 Å². The molecule has 0 aliphatic rings. The largest absolute Gasteiger partial charge is 0.392 e. The van der Waals surface area contributed by atoms with E-state index in [0.717, 1.165) is 6.42 Å². The molecule has 0 aliphatic carbocycles. The van der Waals surface area contributed by atoms with Crippen LogP contribution in [0, 0.1) is 0 Å². The lowest BCUT2D eigenvalue weighted by atomic mass is 10.2. The molecule has 0 amide bonds. The third kappa shape index (κ3) is 6.98. The van der Waals surface area contributed by atoms with Crippen LogP contribution in [0.15, 0.2) is 0 Å². The van der Waals surface area contributed by atoms with Gasteiger partial charge < -0.3 is 5.11 Å². The molecule has 0 aromatic rings. The van der Waals surface area contributed by atoms with Crippen molar-refractivity contribution in [3.05, 3.63) is 0 Å². The molecule has 0 aromatic carbocycles. The van der Waals surface area contributed by atoms with Gasteiger partial charge in [-0.25, -0.2) is 13.1 Å². The second-order valence-electron chi connectivity index (χ2n) is 3.11. The molecular weight excluding hydrogens is 190 g/mol. The van der Waals surface area contributed by atoms with Gasteiger partial charge in [-0.3, -0.25) is 0 Å². The monoisotopic (exact) mass is 209 g/mol. The Morgan fingerprint density at radius 2 is 1.92 bits per heavy atom. The highest BCUT2D eigenvalue weighted by atomic mass is 32.2. The fourth-order valence-corrected chi connectivity index (χ4v) is 2.13. The zero-order valence-electron chi connectivity index (χ0n) is 8.28. The van der Waals surface area contributed by atoms with Gasteiger partial charge in [0, 0.05) is 6.54 Å². The number of hydrogen-bond acceptors (Lipinski definition) is 3. The van der Waals surface area contributed by atoms with Gasteiger partial charge in [0.05, 0.1) is 11.9 Å². The van der Waals surface area contributed by atoms with Gasteiger partial charge in [-0.15, -0.1) is 0 Å². The van der Waals surface area contributed by atoms with Crippen LogP contribution in [0.2, 0.25) is 0 Å². The molecule has 0 rings (SSSR count). The molecule has 0 radical (unpaired) electrons. The molecule has 0 aromatic heterocycles. The highest BCUT2D eigenvalue weighted by Crippen LogP contribution is 1.95. The first kappa shape index (κ1) is 12.9. The molecule has 13 heavy (non-hydrogen) atoms. The number of nitrogens with one attached hydrogen (secondary N) is 1. The van der Waals surface area contributed by atoms with Crippen molar-refractivity contribution in [1.29, 1.82) is 0 Å². The van der Waals surface area contributed by atoms with E-state index in [-0.39, 0.29) is 12.3 Å². The van der Waals surface area contributed by atoms with Crippen LogP contribution in [0.3, 0.4) is 0 Å². The van der Waals surface area contributed by atoms with E-state index in [9.17, 15) is 13.5 Å². The number of aliphatic hydroxyl groups is 1. The predicted octanol–water partition coefficient (Wildman–Crippen LogP) is 0.477. The summed E-state index contributed by atoms with van der Waals surface area (Å²) in [4.78, 5) is 0. The van der Waals surface area contributed by atoms with Gasteiger partial charge in [-0.05, 0) is 12.8 Å². The van der Waals surface area contributed by atoms with E-state index in [1.807, 2.05) is 13.8 Å². The minimum absolute atomic E-state index is 0.131. The quantitative estimate of drug-likeness (QED) is 0.641. The Balaban J connectivity index is 3.74. The van der Waals surface area contributed by atoms with Crippen molar-refractivity contribution in [3.63, 3.8) is 0 Å². The maximum absolute atomic E-state index is 11.1. The molecule has 80 valence electrons. The average Bonchev–Trinajstić information content (AvgIpc) is 2.02. The maximum Gasteiger partial charge on any atom is 0.211 e. The van der Waals surface area contributed by atoms with E-state index in [4.69, 9.17) is 0 Å². The molecule has 0 saturated carbocycles. The lowest BCUT2D eigenvalue weighted by Crippen LogP contribution is -2.33. The molecule has 5 heteroatoms. The fourth-order valence-electron chi connectivity index (χ4n) is 0.999. The maximum atomic E-state index is 11.1. The molecule has 0 heterocycles. The molecule has 0 unspecified atom stereocenters. The summed E-state index contributed by atoms with van der Waals surface area (Å²) in [5.41, 5.74) is 0. The first-order chi connectivity index (χ1) is 6.02. The molecule has 1 atom stereocenters. The van der Waals surface area contributed by atoms with Gasteiger partial charge in [0.15, 0.2) is 0 Å². The minimum Gasteiger partial charge on any atom is -0.392 e. The van der Waals surface area contributed by atoms with Gasteiger partial charge in [0.1, 0.15) is 0 Å². The Morgan fingerprint density at radius 3 is 2.38 bits per heavy atom. The molecule has 0 fully saturated rings. The average molecular weight is 209 g/mol. The smallest absolute Gasteiger partial charge is 0.211 e. The van der Waals surface area contributed by atoms with Crippen LogP contribution in [0.25, 0.3) is 0 Å². The third-order valence-corrected chi connectivity index (χ3v) is 3.19. The zero-order chi connectivity index (χ0) is 10.3. The summed E-state index contributed by atoms with van der Waals surface area (Å²) in [6.07, 6.45) is 1.53. The highest BCUT2D eigenvalue weighted by Gasteiger charge is 2.10. The van der Waals surface area contributed by atoms with Crippen molar-refractivity contribution in [3.8, 4) is 0 Å². The Kier molecular flexibility index (Phi) is 6.28. The van der Waals surface area contributed by atoms with Crippen LogP contribution in [0.5, 0.6) is 0 Å². The van der Waals surface area contributed by atoms with Crippen LogP contribution in [-0.4, -0.2) is 31.9 Å². The number of rotatable bonds is 7. The van der Waals surface area contributed by atoms with Crippen LogP contribution in [0.4, 0.5) is 0 Å². The zero-order valence-corrected chi connectivity index (χ0v) is 9.10. The summed E-state index contributed by atoms with van der Waals surface area (Å²) in [6.45, 7) is 3.89. The molecule has 0 saturated heterocycles. The standard InChI is InChI=1S/C8H19NO3S/c1-3-5-8(10)7-9-13(11,12)6-4-2/h8-10H,3-7H2,1-2H3/t8-/m1/s1. The molecule has 0 spiro atoms. The summed E-state index contributed by atoms with van der Waals surface area (Å²) < 4.78 is 24.6. The first-order valence-electron chi connectivity index (χ1n) is 4.67. The van der Waals surface area contributed by atoms with Crippen LogP contribution in [0.1, 0.15) is 33.1 Å². The summed E-state index contributed by atoms with van der Waals surface area (Å²) in [5, 5.41) is 9.25. The summed E-state index contributed by atoms with van der Waals surface area (Å²) in [7, 11) is -3.16. The second-order valence-corrected chi connectivity index (χ2v) is 5.04. The number of sulfonamides is 1. The van der Waals surface area contributed by atoms with Gasteiger partial charge in [0.2, 0.25) is 10.0 Å². The first-order valence-corrected chi connectivity index (χ1v) is 6.32. The lowest BCUT2D eigenvalue weighted by molar-refractivity contribution is 0.167. The molecule has 2 N–H and O–H groups in total. The molecule has 0 bridgehead atoms. The molecular formula is C8H19NO3S. The van der Waals surface area contributed by atoms with E-state index in [1.54, 1.807) is 0 Å². The van der Waals surface area contributed by atoms with E-state index in [0.29, 0.717) is 12.8 Å². The van der Waals surface area contributed by atoms with Crippen molar-refractivity contribution < 1.29 is 13.5 Å². The van der Waals surface area contributed by atoms with Crippen molar-refractivity contribution in [2.75, 3.05) is 12.3 Å². The van der Waals surface area contributed by atoms with Gasteiger partial charge in [-0.2, -0.15) is 0 Å². The summed E-state index contributed by atoms with van der Waals surface area (Å²) >= 11 is 0. The number of aliphatic hydroxyl groups excluding tert-OH is 1. The van der Waals surface area contributed by atoms with Gasteiger partial charge in [0.25, 0.3) is 0 Å². The Labute approximate surface area is 80.4 Å². The van der Waals surface area contributed by atoms with Gasteiger partial charge in [-0.1, -0.05) is 20.3 Å². The predicted molar refractivity (Wildman–Crippen MR) is 53.0 cm³/mol. The lowest BCUT2D eigenvalue weighted by Gasteiger charge is -2.10. The fraction of sp³-hybridized carbons (Fsp3) is 1.00. The van der Waals surface area contributed by atoms with E-state index in [2.05, 4.69) is 4.72 Å². The SMILES string of the molecule is CCC[C@@H](O)CNS(=O)(=O)CCC. The van der Waals surface area contributed by atoms with Crippen LogP contribution in [-0.2, 0) is 10.0 Å². The molecule has 0 aliphatic heterocycles. The third-order valence-electron chi connectivity index (χ3n) is 1.63. The number of hydrogen-bond donors (Lipinski definition) is 2. The Morgan fingerprint density at radius 1 is 1.31 bits per heavy atom. The minimum atomic E-state index is -3.16.